The minimum absolute atomic E-state index is 0.327. The summed E-state index contributed by atoms with van der Waals surface area (Å²) in [5, 5.41) is 17.4. The molecular weight excluding hydrogens is 264 g/mol. The van der Waals surface area contributed by atoms with Crippen LogP contribution in [0.3, 0.4) is 0 Å². The Balaban J connectivity index is 1.81. The SMILES string of the molecule is Cc1cc2ncc(CNc3cc(C)c(O)cc3C)cn2n1. The summed E-state index contributed by atoms with van der Waals surface area (Å²) in [5.41, 5.74) is 5.75. The van der Waals surface area contributed by atoms with Crippen LogP contribution in [0.1, 0.15) is 22.4 Å². The van der Waals surface area contributed by atoms with E-state index >= 15 is 0 Å². The zero-order valence-corrected chi connectivity index (χ0v) is 12.4. The first kappa shape index (κ1) is 13.4. The minimum atomic E-state index is 0.327. The summed E-state index contributed by atoms with van der Waals surface area (Å²) >= 11 is 0. The number of nitrogens with zero attached hydrogens (tertiary/aromatic N) is 3. The van der Waals surface area contributed by atoms with E-state index < -0.39 is 0 Å². The first-order valence-corrected chi connectivity index (χ1v) is 6.88. The molecule has 2 aromatic heterocycles. The van der Waals surface area contributed by atoms with Crippen molar-refractivity contribution in [2.24, 2.45) is 0 Å². The number of aryl methyl sites for hydroxylation is 3. The molecule has 0 amide bonds. The average molecular weight is 282 g/mol. The van der Waals surface area contributed by atoms with Gasteiger partial charge in [-0.2, -0.15) is 5.10 Å². The third-order valence-corrected chi connectivity index (χ3v) is 3.51. The van der Waals surface area contributed by atoms with E-state index in [1.54, 1.807) is 10.6 Å². The fraction of sp³-hybridized carbons (Fsp3) is 0.250. The molecule has 5 nitrogen and oxygen atoms in total. The van der Waals surface area contributed by atoms with Gasteiger partial charge in [0, 0.05) is 36.3 Å². The highest BCUT2D eigenvalue weighted by molar-refractivity contribution is 5.56. The maximum atomic E-state index is 9.68. The standard InChI is InChI=1S/C16H18N4O/c1-10-5-15(21)11(2)4-14(10)17-7-13-8-18-16-6-12(3)19-20(16)9-13/h4-6,8-9,17,21H,7H2,1-3H3. The molecule has 1 aromatic carbocycles. The van der Waals surface area contributed by atoms with Crippen molar-refractivity contribution in [3.63, 3.8) is 0 Å². The summed E-state index contributed by atoms with van der Waals surface area (Å²) in [7, 11) is 0. The van der Waals surface area contributed by atoms with E-state index in [1.165, 1.54) is 0 Å². The van der Waals surface area contributed by atoms with E-state index in [9.17, 15) is 5.11 Å². The van der Waals surface area contributed by atoms with Gasteiger partial charge in [-0.15, -0.1) is 0 Å². The highest BCUT2D eigenvalue weighted by Crippen LogP contribution is 2.25. The molecule has 0 atom stereocenters. The quantitative estimate of drug-likeness (QED) is 0.725. The second kappa shape index (κ2) is 5.09. The number of aromatic nitrogens is 3. The molecule has 108 valence electrons. The maximum absolute atomic E-state index is 9.68. The average Bonchev–Trinajstić information content (AvgIpc) is 2.80. The lowest BCUT2D eigenvalue weighted by atomic mass is 10.1. The number of aromatic hydroxyl groups is 1. The summed E-state index contributed by atoms with van der Waals surface area (Å²) in [6.07, 6.45) is 3.83. The molecule has 2 N–H and O–H groups in total. The van der Waals surface area contributed by atoms with Crippen LogP contribution in [-0.4, -0.2) is 19.7 Å². The topological polar surface area (TPSA) is 62.5 Å². The van der Waals surface area contributed by atoms with E-state index in [1.807, 2.05) is 45.3 Å². The Bertz CT molecular complexity index is 807. The van der Waals surface area contributed by atoms with Gasteiger partial charge < -0.3 is 10.4 Å². The molecule has 0 aliphatic rings. The van der Waals surface area contributed by atoms with Crippen molar-refractivity contribution >= 4 is 11.3 Å². The summed E-state index contributed by atoms with van der Waals surface area (Å²) in [4.78, 5) is 4.39. The van der Waals surface area contributed by atoms with Crippen molar-refractivity contribution in [3.8, 4) is 5.75 Å². The molecule has 0 radical (unpaired) electrons. The molecule has 3 rings (SSSR count). The van der Waals surface area contributed by atoms with Crippen LogP contribution >= 0.6 is 0 Å². The summed E-state index contributed by atoms with van der Waals surface area (Å²) in [6, 6.07) is 5.68. The molecule has 0 fully saturated rings. The molecular formula is C16H18N4O. The van der Waals surface area contributed by atoms with Crippen molar-refractivity contribution in [1.82, 2.24) is 14.6 Å². The molecule has 0 saturated carbocycles. The second-order valence-electron chi connectivity index (χ2n) is 5.36. The van der Waals surface area contributed by atoms with Gasteiger partial charge in [0.1, 0.15) is 5.75 Å². The Morgan fingerprint density at radius 3 is 2.76 bits per heavy atom. The smallest absolute Gasteiger partial charge is 0.155 e. The van der Waals surface area contributed by atoms with Crippen molar-refractivity contribution in [1.29, 1.82) is 0 Å². The van der Waals surface area contributed by atoms with Gasteiger partial charge in [0.15, 0.2) is 5.65 Å². The highest BCUT2D eigenvalue weighted by Gasteiger charge is 2.05. The lowest BCUT2D eigenvalue weighted by Gasteiger charge is -2.11. The molecule has 0 aliphatic heterocycles. The Hall–Kier alpha value is -2.56. The van der Waals surface area contributed by atoms with Crippen molar-refractivity contribution in [3.05, 3.63) is 53.0 Å². The molecule has 2 heterocycles. The van der Waals surface area contributed by atoms with Crippen LogP contribution in [0.4, 0.5) is 5.69 Å². The normalized spacial score (nSPS) is 11.0. The van der Waals surface area contributed by atoms with E-state index in [0.29, 0.717) is 12.3 Å². The number of hydrogen-bond donors (Lipinski definition) is 2. The van der Waals surface area contributed by atoms with E-state index in [-0.39, 0.29) is 0 Å². The van der Waals surface area contributed by atoms with Gasteiger partial charge in [0.2, 0.25) is 0 Å². The number of fused-ring (bicyclic) bond motifs is 1. The fourth-order valence-corrected chi connectivity index (χ4v) is 2.31. The third kappa shape index (κ3) is 2.67. The number of benzene rings is 1. The number of anilines is 1. The number of nitrogens with one attached hydrogen (secondary N) is 1. The van der Waals surface area contributed by atoms with Crippen molar-refractivity contribution in [2.75, 3.05) is 5.32 Å². The van der Waals surface area contributed by atoms with Crippen LogP contribution in [0, 0.1) is 20.8 Å². The molecule has 21 heavy (non-hydrogen) atoms. The summed E-state index contributed by atoms with van der Waals surface area (Å²) in [5.74, 6) is 0.327. The van der Waals surface area contributed by atoms with Crippen LogP contribution in [0.2, 0.25) is 0 Å². The maximum Gasteiger partial charge on any atom is 0.155 e. The summed E-state index contributed by atoms with van der Waals surface area (Å²) in [6.45, 7) is 6.47. The molecule has 0 saturated heterocycles. The Morgan fingerprint density at radius 2 is 1.95 bits per heavy atom. The van der Waals surface area contributed by atoms with Gasteiger partial charge in [0.25, 0.3) is 0 Å². The number of phenols is 1. The monoisotopic (exact) mass is 282 g/mol. The fourth-order valence-electron chi connectivity index (χ4n) is 2.31. The predicted molar refractivity (Wildman–Crippen MR) is 82.6 cm³/mol. The van der Waals surface area contributed by atoms with Gasteiger partial charge in [-0.05, 0) is 44.0 Å². The first-order chi connectivity index (χ1) is 10.0. The zero-order valence-electron chi connectivity index (χ0n) is 12.4. The van der Waals surface area contributed by atoms with Gasteiger partial charge in [-0.3, -0.25) is 0 Å². The summed E-state index contributed by atoms with van der Waals surface area (Å²) < 4.78 is 1.79. The lowest BCUT2D eigenvalue weighted by Crippen LogP contribution is -2.04. The van der Waals surface area contributed by atoms with Crippen molar-refractivity contribution < 1.29 is 5.11 Å². The molecule has 0 aliphatic carbocycles. The number of phenolic OH excluding ortho intramolecular Hbond substituents is 1. The molecule has 0 unspecified atom stereocenters. The van der Waals surface area contributed by atoms with Gasteiger partial charge in [0.05, 0.1) is 5.69 Å². The van der Waals surface area contributed by atoms with Gasteiger partial charge >= 0.3 is 0 Å². The van der Waals surface area contributed by atoms with Gasteiger partial charge in [-0.1, -0.05) is 0 Å². The van der Waals surface area contributed by atoms with Crippen LogP contribution in [0.25, 0.3) is 5.65 Å². The highest BCUT2D eigenvalue weighted by atomic mass is 16.3. The van der Waals surface area contributed by atoms with Crippen LogP contribution < -0.4 is 5.32 Å². The molecule has 3 aromatic rings. The van der Waals surface area contributed by atoms with E-state index in [0.717, 1.165) is 33.7 Å². The van der Waals surface area contributed by atoms with Crippen LogP contribution in [-0.2, 0) is 6.54 Å². The van der Waals surface area contributed by atoms with E-state index in [4.69, 9.17) is 0 Å². The second-order valence-corrected chi connectivity index (χ2v) is 5.36. The lowest BCUT2D eigenvalue weighted by molar-refractivity contribution is 0.471. The van der Waals surface area contributed by atoms with Crippen molar-refractivity contribution in [2.45, 2.75) is 27.3 Å². The first-order valence-electron chi connectivity index (χ1n) is 6.88. The molecule has 5 heteroatoms. The largest absolute Gasteiger partial charge is 0.508 e. The number of hydrogen-bond acceptors (Lipinski definition) is 4. The Labute approximate surface area is 123 Å². The Kier molecular flexibility index (Phi) is 3.25. The van der Waals surface area contributed by atoms with Gasteiger partial charge in [-0.25, -0.2) is 9.50 Å². The van der Waals surface area contributed by atoms with Crippen LogP contribution in [0.15, 0.2) is 30.6 Å². The van der Waals surface area contributed by atoms with Crippen LogP contribution in [0.5, 0.6) is 5.75 Å². The minimum Gasteiger partial charge on any atom is -0.508 e. The zero-order chi connectivity index (χ0) is 15.0. The Morgan fingerprint density at radius 1 is 1.14 bits per heavy atom. The van der Waals surface area contributed by atoms with E-state index in [2.05, 4.69) is 15.4 Å². The predicted octanol–water partition coefficient (Wildman–Crippen LogP) is 2.97. The third-order valence-electron chi connectivity index (χ3n) is 3.51. The number of rotatable bonds is 3. The molecule has 0 spiro atoms. The molecule has 0 bridgehead atoms.